The number of benzene rings is 1. The summed E-state index contributed by atoms with van der Waals surface area (Å²) >= 11 is 1.11. The number of halogens is 2. The van der Waals surface area contributed by atoms with Crippen LogP contribution in [0.5, 0.6) is 0 Å². The summed E-state index contributed by atoms with van der Waals surface area (Å²) in [5.74, 6) is -1.85. The Hall–Kier alpha value is -1.61. The highest BCUT2D eigenvalue weighted by Crippen LogP contribution is 2.39. The van der Waals surface area contributed by atoms with Gasteiger partial charge in [-0.2, -0.15) is 5.26 Å². The van der Waals surface area contributed by atoms with Crippen molar-refractivity contribution in [1.29, 1.82) is 5.26 Å². The fraction of sp³-hybridized carbons (Fsp3) is 0.429. The topological polar surface area (TPSA) is 52.9 Å². The molecule has 1 aliphatic carbocycles. The molecule has 0 spiro atoms. The lowest BCUT2D eigenvalue weighted by Gasteiger charge is -2.22. The first-order valence-electron chi connectivity index (χ1n) is 6.25. The third-order valence-electron chi connectivity index (χ3n) is 3.29. The molecule has 1 aromatic carbocycles. The van der Waals surface area contributed by atoms with E-state index in [1.165, 1.54) is 6.07 Å². The molecule has 1 aromatic rings. The second kappa shape index (κ2) is 5.80. The van der Waals surface area contributed by atoms with Gasteiger partial charge in [0.15, 0.2) is 11.6 Å². The van der Waals surface area contributed by atoms with E-state index in [1.54, 1.807) is 6.92 Å². The van der Waals surface area contributed by atoms with Gasteiger partial charge < -0.3 is 5.32 Å². The van der Waals surface area contributed by atoms with Gasteiger partial charge in [0.05, 0.1) is 11.8 Å². The minimum Gasteiger partial charge on any atom is -0.337 e. The summed E-state index contributed by atoms with van der Waals surface area (Å²) in [6, 6.07) is 5.63. The molecule has 20 heavy (non-hydrogen) atoms. The molecule has 1 N–H and O–H groups in total. The number of hydrogen-bond acceptors (Lipinski definition) is 3. The summed E-state index contributed by atoms with van der Waals surface area (Å²) in [6.45, 7) is 1.71. The van der Waals surface area contributed by atoms with Crippen molar-refractivity contribution in [2.24, 2.45) is 5.92 Å². The van der Waals surface area contributed by atoms with Gasteiger partial charge in [0.1, 0.15) is 5.54 Å². The SMILES string of the molecule is C[C@](C#N)(NC(=O)CSc1ccc(F)c(F)c1)C1CC1. The predicted octanol–water partition coefficient (Wildman–Crippen LogP) is 2.87. The quantitative estimate of drug-likeness (QED) is 0.850. The number of nitrogens with zero attached hydrogens (tertiary/aromatic N) is 1. The number of nitrogens with one attached hydrogen (secondary N) is 1. The first kappa shape index (κ1) is 14.8. The minimum atomic E-state index is -0.935. The number of nitriles is 1. The van der Waals surface area contributed by atoms with E-state index in [2.05, 4.69) is 11.4 Å². The van der Waals surface area contributed by atoms with Crippen LogP contribution in [0.25, 0.3) is 0 Å². The van der Waals surface area contributed by atoms with Crippen molar-refractivity contribution in [3.63, 3.8) is 0 Å². The number of carbonyl (C=O) groups is 1. The van der Waals surface area contributed by atoms with E-state index >= 15 is 0 Å². The fourth-order valence-electron chi connectivity index (χ4n) is 1.92. The molecule has 1 atom stereocenters. The average molecular weight is 296 g/mol. The lowest BCUT2D eigenvalue weighted by atomic mass is 9.98. The molecular weight excluding hydrogens is 282 g/mol. The number of amides is 1. The molecular formula is C14H14F2N2OS. The zero-order chi connectivity index (χ0) is 14.8. The smallest absolute Gasteiger partial charge is 0.231 e. The molecule has 0 bridgehead atoms. The lowest BCUT2D eigenvalue weighted by molar-refractivity contribution is -0.119. The summed E-state index contributed by atoms with van der Waals surface area (Å²) in [4.78, 5) is 12.3. The molecule has 2 rings (SSSR count). The van der Waals surface area contributed by atoms with E-state index in [0.29, 0.717) is 4.90 Å². The van der Waals surface area contributed by atoms with Crippen molar-refractivity contribution < 1.29 is 13.6 Å². The van der Waals surface area contributed by atoms with Crippen LogP contribution in [-0.2, 0) is 4.79 Å². The normalized spacial score (nSPS) is 17.1. The predicted molar refractivity (Wildman–Crippen MR) is 72.0 cm³/mol. The maximum absolute atomic E-state index is 13.0. The molecule has 1 amide bonds. The summed E-state index contributed by atoms with van der Waals surface area (Å²) < 4.78 is 25.8. The Kier molecular flexibility index (Phi) is 4.29. The molecule has 0 saturated heterocycles. The Morgan fingerprint density at radius 1 is 1.50 bits per heavy atom. The molecule has 1 aliphatic rings. The van der Waals surface area contributed by atoms with Gasteiger partial charge in [0.2, 0.25) is 5.91 Å². The van der Waals surface area contributed by atoms with E-state index in [4.69, 9.17) is 5.26 Å². The first-order chi connectivity index (χ1) is 9.44. The van der Waals surface area contributed by atoms with Crippen LogP contribution in [0.15, 0.2) is 23.1 Å². The highest BCUT2D eigenvalue weighted by atomic mass is 32.2. The zero-order valence-corrected chi connectivity index (χ0v) is 11.8. The van der Waals surface area contributed by atoms with Crippen LogP contribution in [0.3, 0.4) is 0 Å². The maximum atomic E-state index is 13.0. The Bertz CT molecular complexity index is 569. The van der Waals surface area contributed by atoms with Gasteiger partial charge in [-0.3, -0.25) is 4.79 Å². The lowest BCUT2D eigenvalue weighted by Crippen LogP contribution is -2.47. The molecule has 0 unspecified atom stereocenters. The van der Waals surface area contributed by atoms with E-state index in [-0.39, 0.29) is 17.6 Å². The van der Waals surface area contributed by atoms with Crippen molar-refractivity contribution in [2.75, 3.05) is 5.75 Å². The molecule has 6 heteroatoms. The van der Waals surface area contributed by atoms with Gasteiger partial charge in [-0.15, -0.1) is 11.8 Å². The van der Waals surface area contributed by atoms with Crippen LogP contribution in [-0.4, -0.2) is 17.2 Å². The Balaban J connectivity index is 1.89. The van der Waals surface area contributed by atoms with Gasteiger partial charge in [-0.25, -0.2) is 8.78 Å². The number of thioether (sulfide) groups is 1. The monoisotopic (exact) mass is 296 g/mol. The molecule has 0 aliphatic heterocycles. The first-order valence-corrected chi connectivity index (χ1v) is 7.23. The molecule has 3 nitrogen and oxygen atoms in total. The standard InChI is InChI=1S/C14H14F2N2OS/c1-14(8-17,9-2-3-9)18-13(19)7-20-10-4-5-11(15)12(16)6-10/h4-6,9H,2-3,7H2,1H3,(H,18,19)/t14-/m1/s1. The second-order valence-corrected chi connectivity index (χ2v) is 6.05. The van der Waals surface area contributed by atoms with E-state index in [9.17, 15) is 13.6 Å². The van der Waals surface area contributed by atoms with Crippen molar-refractivity contribution in [2.45, 2.75) is 30.2 Å². The number of hydrogen-bond donors (Lipinski definition) is 1. The van der Waals surface area contributed by atoms with E-state index in [0.717, 1.165) is 36.7 Å². The third kappa shape index (κ3) is 3.48. The molecule has 0 aromatic heterocycles. The van der Waals surface area contributed by atoms with Gasteiger partial charge >= 0.3 is 0 Å². The molecule has 0 heterocycles. The summed E-state index contributed by atoms with van der Waals surface area (Å²) in [7, 11) is 0. The Morgan fingerprint density at radius 3 is 2.75 bits per heavy atom. The van der Waals surface area contributed by atoms with Crippen LogP contribution in [0.2, 0.25) is 0 Å². The third-order valence-corrected chi connectivity index (χ3v) is 4.28. The van der Waals surface area contributed by atoms with Crippen LogP contribution in [0.4, 0.5) is 8.78 Å². The van der Waals surface area contributed by atoms with Crippen molar-refractivity contribution in [1.82, 2.24) is 5.32 Å². The van der Waals surface area contributed by atoms with Crippen LogP contribution in [0.1, 0.15) is 19.8 Å². The second-order valence-electron chi connectivity index (χ2n) is 5.00. The number of rotatable bonds is 5. The summed E-state index contributed by atoms with van der Waals surface area (Å²) in [5, 5.41) is 11.8. The van der Waals surface area contributed by atoms with Crippen molar-refractivity contribution in [3.8, 4) is 6.07 Å². The highest BCUT2D eigenvalue weighted by molar-refractivity contribution is 8.00. The minimum absolute atomic E-state index is 0.0645. The van der Waals surface area contributed by atoms with Gasteiger partial charge in [-0.1, -0.05) is 0 Å². The van der Waals surface area contributed by atoms with Gasteiger partial charge in [0, 0.05) is 4.90 Å². The van der Waals surface area contributed by atoms with E-state index < -0.39 is 17.2 Å². The van der Waals surface area contributed by atoms with E-state index in [1.807, 2.05) is 0 Å². The van der Waals surface area contributed by atoms with Crippen molar-refractivity contribution in [3.05, 3.63) is 29.8 Å². The largest absolute Gasteiger partial charge is 0.337 e. The summed E-state index contributed by atoms with van der Waals surface area (Å²) in [5.41, 5.74) is -0.828. The van der Waals surface area contributed by atoms with Crippen LogP contribution in [0, 0.1) is 28.9 Å². The molecule has 1 fully saturated rings. The maximum Gasteiger partial charge on any atom is 0.231 e. The number of carbonyl (C=O) groups excluding carboxylic acids is 1. The Labute approximate surface area is 120 Å². The molecule has 106 valence electrons. The van der Waals surface area contributed by atoms with Crippen LogP contribution >= 0.6 is 11.8 Å². The van der Waals surface area contributed by atoms with Gasteiger partial charge in [0.25, 0.3) is 0 Å². The highest BCUT2D eigenvalue weighted by Gasteiger charge is 2.42. The fourth-order valence-corrected chi connectivity index (χ4v) is 2.64. The van der Waals surface area contributed by atoms with Crippen LogP contribution < -0.4 is 5.32 Å². The Morgan fingerprint density at radius 2 is 2.20 bits per heavy atom. The average Bonchev–Trinajstić information content (AvgIpc) is 3.25. The zero-order valence-electron chi connectivity index (χ0n) is 11.0. The molecule has 0 radical (unpaired) electrons. The van der Waals surface area contributed by atoms with Crippen molar-refractivity contribution >= 4 is 17.7 Å². The van der Waals surface area contributed by atoms with Gasteiger partial charge in [-0.05, 0) is 43.9 Å². The summed E-state index contributed by atoms with van der Waals surface area (Å²) in [6.07, 6.45) is 1.89. The molecule has 1 saturated carbocycles.